The molecule has 27 heavy (non-hydrogen) atoms. The van der Waals surface area contributed by atoms with Gasteiger partial charge < -0.3 is 19.5 Å². The van der Waals surface area contributed by atoms with E-state index in [0.717, 1.165) is 57.3 Å². The van der Waals surface area contributed by atoms with Crippen molar-refractivity contribution in [1.82, 2.24) is 4.90 Å². The third-order valence-corrected chi connectivity index (χ3v) is 6.46. The summed E-state index contributed by atoms with van der Waals surface area (Å²) in [6, 6.07) is 8.13. The van der Waals surface area contributed by atoms with Crippen LogP contribution in [0.4, 0.5) is 0 Å². The highest BCUT2D eigenvalue weighted by Crippen LogP contribution is 2.44. The number of benzene rings is 1. The van der Waals surface area contributed by atoms with Crippen molar-refractivity contribution < 1.29 is 19.4 Å². The van der Waals surface area contributed by atoms with Crippen molar-refractivity contribution in [1.29, 1.82) is 0 Å². The number of likely N-dealkylation sites (tertiary alicyclic amines) is 1. The Bertz CT molecular complexity index is 616. The van der Waals surface area contributed by atoms with Crippen LogP contribution in [0.15, 0.2) is 24.3 Å². The van der Waals surface area contributed by atoms with Gasteiger partial charge in [-0.2, -0.15) is 0 Å². The summed E-state index contributed by atoms with van der Waals surface area (Å²) in [5.41, 5.74) is 1.78. The molecule has 0 amide bonds. The van der Waals surface area contributed by atoms with Gasteiger partial charge in [0, 0.05) is 19.1 Å². The van der Waals surface area contributed by atoms with E-state index in [1.165, 1.54) is 5.56 Å². The lowest BCUT2D eigenvalue weighted by atomic mass is 9.68. The Morgan fingerprint density at radius 3 is 2.33 bits per heavy atom. The maximum Gasteiger partial charge on any atom is 0.313 e. The molecule has 0 unspecified atom stereocenters. The molecule has 5 nitrogen and oxygen atoms in total. The number of rotatable bonds is 8. The molecule has 1 aromatic carbocycles. The van der Waals surface area contributed by atoms with E-state index in [-0.39, 0.29) is 23.4 Å². The second kappa shape index (κ2) is 8.72. The molecule has 0 atom stereocenters. The molecule has 1 aliphatic carbocycles. The lowest BCUT2D eigenvalue weighted by molar-refractivity contribution is -0.165. The lowest BCUT2D eigenvalue weighted by Crippen LogP contribution is -2.52. The summed E-state index contributed by atoms with van der Waals surface area (Å²) in [4.78, 5) is 15.2. The lowest BCUT2D eigenvalue weighted by Gasteiger charge is -2.46. The molecule has 3 rings (SSSR count). The molecular formula is C22H33NO4. The van der Waals surface area contributed by atoms with Gasteiger partial charge in [-0.15, -0.1) is 0 Å². The van der Waals surface area contributed by atoms with E-state index < -0.39 is 0 Å². The number of nitrogens with zero attached hydrogens (tertiary/aromatic N) is 1. The minimum Gasteiger partial charge on any atom is -0.460 e. The third-order valence-electron chi connectivity index (χ3n) is 6.46. The number of hydrogen-bond donors (Lipinski definition) is 1. The first kappa shape index (κ1) is 20.3. The number of hydrogen-bond acceptors (Lipinski definition) is 5. The average molecular weight is 376 g/mol. The fourth-order valence-electron chi connectivity index (χ4n) is 4.28. The van der Waals surface area contributed by atoms with Gasteiger partial charge in [-0.25, -0.2) is 0 Å². The van der Waals surface area contributed by atoms with Crippen molar-refractivity contribution in [3.8, 4) is 0 Å². The zero-order chi connectivity index (χ0) is 19.3. The van der Waals surface area contributed by atoms with Crippen LogP contribution in [0.25, 0.3) is 0 Å². The van der Waals surface area contributed by atoms with Gasteiger partial charge in [0.1, 0.15) is 6.61 Å². The molecule has 1 aliphatic heterocycles. The molecule has 150 valence electrons. The number of esters is 1. The third kappa shape index (κ3) is 4.71. The van der Waals surface area contributed by atoms with Crippen LogP contribution in [0.5, 0.6) is 0 Å². The van der Waals surface area contributed by atoms with Crippen molar-refractivity contribution in [2.24, 2.45) is 10.8 Å². The van der Waals surface area contributed by atoms with Crippen LogP contribution >= 0.6 is 0 Å². The highest BCUT2D eigenvalue weighted by molar-refractivity contribution is 5.78. The van der Waals surface area contributed by atoms with Crippen molar-refractivity contribution in [2.75, 3.05) is 40.0 Å². The Hall–Kier alpha value is -1.43. The number of aliphatic hydroxyl groups is 1. The normalized spacial score (nSPS) is 21.4. The van der Waals surface area contributed by atoms with Gasteiger partial charge in [0.15, 0.2) is 0 Å². The number of carbonyl (C=O) groups excluding carboxylic acids is 1. The number of methoxy groups -OCH3 is 1. The standard InChI is InChI=1S/C22H33NO4/c1-18-4-6-19(7-5-18)14-27-20(25)22(8-3-9-22)15-23-12-10-21(16-24,11-13-23)17-26-2/h4-7,24H,3,8-17H2,1-2H3. The first-order valence-electron chi connectivity index (χ1n) is 10.1. The summed E-state index contributed by atoms with van der Waals surface area (Å²) in [6.45, 7) is 5.74. The number of aryl methyl sites for hydroxylation is 1. The molecule has 1 saturated carbocycles. The summed E-state index contributed by atoms with van der Waals surface area (Å²) in [6.07, 6.45) is 4.74. The molecule has 2 fully saturated rings. The second-order valence-electron chi connectivity index (χ2n) is 8.56. The molecule has 1 aromatic rings. The molecule has 1 heterocycles. The second-order valence-corrected chi connectivity index (χ2v) is 8.56. The molecule has 5 heteroatoms. The van der Waals surface area contributed by atoms with E-state index in [0.29, 0.717) is 13.2 Å². The number of piperidine rings is 1. The highest BCUT2D eigenvalue weighted by atomic mass is 16.5. The Balaban J connectivity index is 1.53. The number of ether oxygens (including phenoxy) is 2. The predicted molar refractivity (Wildman–Crippen MR) is 104 cm³/mol. The molecule has 0 spiro atoms. The summed E-state index contributed by atoms with van der Waals surface area (Å²) in [5, 5.41) is 9.76. The first-order valence-corrected chi connectivity index (χ1v) is 10.1. The molecular weight excluding hydrogens is 342 g/mol. The van der Waals surface area contributed by atoms with Gasteiger partial charge >= 0.3 is 5.97 Å². The zero-order valence-electron chi connectivity index (χ0n) is 16.7. The summed E-state index contributed by atoms with van der Waals surface area (Å²) in [5.74, 6) is -0.0507. The highest BCUT2D eigenvalue weighted by Gasteiger charge is 2.47. The fourth-order valence-corrected chi connectivity index (χ4v) is 4.28. The molecule has 2 aliphatic rings. The van der Waals surface area contributed by atoms with Gasteiger partial charge in [0.05, 0.1) is 18.6 Å². The van der Waals surface area contributed by atoms with E-state index in [1.54, 1.807) is 7.11 Å². The SMILES string of the molecule is COCC1(CO)CCN(CC2(C(=O)OCc3ccc(C)cc3)CCC2)CC1. The van der Waals surface area contributed by atoms with Crippen molar-refractivity contribution in [3.05, 3.63) is 35.4 Å². The Morgan fingerprint density at radius 2 is 1.81 bits per heavy atom. The average Bonchev–Trinajstić information content (AvgIpc) is 2.65. The van der Waals surface area contributed by atoms with Crippen molar-refractivity contribution >= 4 is 5.97 Å². The van der Waals surface area contributed by atoms with Crippen LogP contribution in [-0.2, 0) is 20.9 Å². The molecule has 0 aromatic heterocycles. The number of carbonyl (C=O) groups is 1. The minimum absolute atomic E-state index is 0.0507. The maximum atomic E-state index is 12.8. The van der Waals surface area contributed by atoms with Crippen LogP contribution in [-0.4, -0.2) is 55.9 Å². The first-order chi connectivity index (χ1) is 13.0. The summed E-state index contributed by atoms with van der Waals surface area (Å²) < 4.78 is 11.0. The van der Waals surface area contributed by atoms with Crippen LogP contribution < -0.4 is 0 Å². The molecule has 1 N–H and O–H groups in total. The Labute approximate surface area is 162 Å². The Morgan fingerprint density at radius 1 is 1.15 bits per heavy atom. The van der Waals surface area contributed by atoms with E-state index in [4.69, 9.17) is 9.47 Å². The molecule has 1 saturated heterocycles. The summed E-state index contributed by atoms with van der Waals surface area (Å²) in [7, 11) is 1.69. The molecule has 0 radical (unpaired) electrons. The van der Waals surface area contributed by atoms with Gasteiger partial charge in [-0.3, -0.25) is 4.79 Å². The maximum absolute atomic E-state index is 12.8. The van der Waals surface area contributed by atoms with Crippen LogP contribution in [0.2, 0.25) is 0 Å². The summed E-state index contributed by atoms with van der Waals surface area (Å²) >= 11 is 0. The zero-order valence-corrected chi connectivity index (χ0v) is 16.7. The smallest absolute Gasteiger partial charge is 0.313 e. The van der Waals surface area contributed by atoms with Crippen LogP contribution in [0, 0.1) is 17.8 Å². The predicted octanol–water partition coefficient (Wildman–Crippen LogP) is 2.93. The van der Waals surface area contributed by atoms with Crippen molar-refractivity contribution in [2.45, 2.75) is 45.6 Å². The van der Waals surface area contributed by atoms with E-state index >= 15 is 0 Å². The van der Waals surface area contributed by atoms with Gasteiger partial charge in [0.25, 0.3) is 0 Å². The fraction of sp³-hybridized carbons (Fsp3) is 0.682. The number of aliphatic hydroxyl groups excluding tert-OH is 1. The molecule has 0 bridgehead atoms. The van der Waals surface area contributed by atoms with Gasteiger partial charge in [-0.1, -0.05) is 36.2 Å². The topological polar surface area (TPSA) is 59.0 Å². The minimum atomic E-state index is -0.342. The van der Waals surface area contributed by atoms with E-state index in [1.807, 2.05) is 24.3 Å². The van der Waals surface area contributed by atoms with Gasteiger partial charge in [0.2, 0.25) is 0 Å². The largest absolute Gasteiger partial charge is 0.460 e. The quantitative estimate of drug-likeness (QED) is 0.708. The van der Waals surface area contributed by atoms with Crippen LogP contribution in [0.3, 0.4) is 0 Å². The van der Waals surface area contributed by atoms with Crippen LogP contribution in [0.1, 0.15) is 43.2 Å². The van der Waals surface area contributed by atoms with Crippen molar-refractivity contribution in [3.63, 3.8) is 0 Å². The van der Waals surface area contributed by atoms with E-state index in [2.05, 4.69) is 11.8 Å². The van der Waals surface area contributed by atoms with Gasteiger partial charge in [-0.05, 0) is 51.3 Å². The van der Waals surface area contributed by atoms with E-state index in [9.17, 15) is 9.90 Å². The Kier molecular flexibility index (Phi) is 6.56. The monoisotopic (exact) mass is 375 g/mol.